The van der Waals surface area contributed by atoms with Crippen LogP contribution in [0.1, 0.15) is 173 Å². The summed E-state index contributed by atoms with van der Waals surface area (Å²) in [6.45, 7) is 53.6. The van der Waals surface area contributed by atoms with Crippen molar-refractivity contribution in [1.82, 2.24) is 0 Å². The van der Waals surface area contributed by atoms with Crippen LogP contribution in [0.5, 0.6) is 23.0 Å². The Hall–Kier alpha value is -5.74. The van der Waals surface area contributed by atoms with Crippen LogP contribution in [0.4, 0.5) is 0 Å². The lowest BCUT2D eigenvalue weighted by Crippen LogP contribution is -2.19. The molecule has 0 spiro atoms. The lowest BCUT2D eigenvalue weighted by molar-refractivity contribution is 0.350. The van der Waals surface area contributed by atoms with Crippen LogP contribution in [-0.4, -0.2) is 26.4 Å². The van der Waals surface area contributed by atoms with Crippen molar-refractivity contribution in [2.45, 2.75) is 144 Å². The summed E-state index contributed by atoms with van der Waals surface area (Å²) in [7, 11) is 0. The van der Waals surface area contributed by atoms with Gasteiger partial charge in [0.15, 0.2) is 0 Å². The van der Waals surface area contributed by atoms with E-state index in [0.717, 1.165) is 45.3 Å². The molecule has 0 fully saturated rings. The molecule has 0 heterocycles. The fourth-order valence-corrected chi connectivity index (χ4v) is 9.39. The Balaban J connectivity index is 1.88. The first-order valence-electron chi connectivity index (χ1n) is 24.4. The molecule has 68 heavy (non-hydrogen) atoms. The third kappa shape index (κ3) is 12.1. The van der Waals surface area contributed by atoms with E-state index < -0.39 is 0 Å². The van der Waals surface area contributed by atoms with Crippen molar-refractivity contribution in [2.75, 3.05) is 26.4 Å². The monoisotopic (exact) mass is 915 g/mol. The minimum atomic E-state index is -0.180. The molecule has 0 amide bonds. The molecule has 5 rings (SSSR count). The summed E-state index contributed by atoms with van der Waals surface area (Å²) < 4.78 is 25.5. The molecule has 362 valence electrons. The molecule has 0 aliphatic carbocycles. The molecule has 4 heteroatoms. The summed E-state index contributed by atoms with van der Waals surface area (Å²) in [5.41, 5.74) is 16.0. The van der Waals surface area contributed by atoms with Crippen LogP contribution in [0.2, 0.25) is 0 Å². The van der Waals surface area contributed by atoms with Gasteiger partial charge in [0.25, 0.3) is 0 Å². The Morgan fingerprint density at radius 3 is 0.706 bits per heavy atom. The summed E-state index contributed by atoms with van der Waals surface area (Å²) in [6.07, 6.45) is 7.25. The normalized spacial score (nSPS) is 12.3. The summed E-state index contributed by atoms with van der Waals surface area (Å²) in [5, 5.41) is 0. The minimum absolute atomic E-state index is 0.0994. The summed E-state index contributed by atoms with van der Waals surface area (Å²) in [6, 6.07) is 28.0. The second-order valence-electron chi connectivity index (χ2n) is 22.8. The van der Waals surface area contributed by atoms with Gasteiger partial charge in [-0.3, -0.25) is 0 Å². The zero-order chi connectivity index (χ0) is 50.5. The smallest absolute Gasteiger partial charge is 0.123 e. The third-order valence-corrected chi connectivity index (χ3v) is 13.0. The highest BCUT2D eigenvalue weighted by atomic mass is 16.5. The van der Waals surface area contributed by atoms with E-state index in [1.165, 1.54) is 55.6 Å². The van der Waals surface area contributed by atoms with E-state index >= 15 is 0 Å². The van der Waals surface area contributed by atoms with E-state index in [2.05, 4.69) is 210 Å². The molecule has 0 bridgehead atoms. The van der Waals surface area contributed by atoms with Gasteiger partial charge in [-0.05, 0) is 152 Å². The second kappa shape index (κ2) is 21.3. The Kier molecular flexibility index (Phi) is 16.6. The summed E-state index contributed by atoms with van der Waals surface area (Å²) in [4.78, 5) is 0. The van der Waals surface area contributed by atoms with Crippen LogP contribution in [-0.2, 0) is 21.7 Å². The van der Waals surface area contributed by atoms with Gasteiger partial charge in [-0.1, -0.05) is 182 Å². The molecule has 5 aromatic rings. The maximum Gasteiger partial charge on any atom is 0.123 e. The zero-order valence-corrected chi connectivity index (χ0v) is 44.7. The maximum atomic E-state index is 6.37. The standard InChI is InChI=1S/C64H82O4/c1-21-29-65-55-33-41(5)47(37-51(55)61(9,10)11)59(48-38-52(62(12,13)14)56(34-42(48)6)66-30-22-2)45-25-27-46(28-26-45)60(49-39-53(63(15,16)17)57(35-43(49)7)67-31-23-3)50-40-54(64(18,19)20)58(36-44(50)8)68-32-24-4/h21-28,33-40,59-60H,1-4,29-32H2,5-20H3. The van der Waals surface area contributed by atoms with Crippen molar-refractivity contribution < 1.29 is 18.9 Å². The van der Waals surface area contributed by atoms with Gasteiger partial charge >= 0.3 is 0 Å². The number of rotatable bonds is 18. The van der Waals surface area contributed by atoms with E-state index in [9.17, 15) is 0 Å². The number of hydrogen-bond donors (Lipinski definition) is 0. The van der Waals surface area contributed by atoms with Gasteiger partial charge in [-0.15, -0.1) is 0 Å². The highest BCUT2D eigenvalue weighted by Gasteiger charge is 2.32. The molecule has 0 aromatic heterocycles. The topological polar surface area (TPSA) is 36.9 Å². The Labute approximate surface area is 412 Å². The van der Waals surface area contributed by atoms with Crippen molar-refractivity contribution >= 4 is 0 Å². The third-order valence-electron chi connectivity index (χ3n) is 13.0. The van der Waals surface area contributed by atoms with E-state index in [-0.39, 0.29) is 33.5 Å². The van der Waals surface area contributed by atoms with E-state index in [4.69, 9.17) is 18.9 Å². The SMILES string of the molecule is C=CCOc1cc(C)c(C(c2ccc(C(c3cc(C(C)(C)C)c(OCC=C)cc3C)c3cc(C(C)(C)C)c(OCC=C)cc3C)cc2)c2cc(C(C)(C)C)c(OCC=C)cc2C)cc1C(C)(C)C. The van der Waals surface area contributed by atoms with E-state index in [0.29, 0.717) is 26.4 Å². The molecular weight excluding hydrogens is 833 g/mol. The highest BCUT2D eigenvalue weighted by molar-refractivity contribution is 5.60. The molecule has 0 radical (unpaired) electrons. The van der Waals surface area contributed by atoms with Crippen molar-refractivity contribution in [3.63, 3.8) is 0 Å². The minimum Gasteiger partial charge on any atom is -0.489 e. The summed E-state index contributed by atoms with van der Waals surface area (Å²) >= 11 is 0. The van der Waals surface area contributed by atoms with Crippen molar-refractivity contribution in [1.29, 1.82) is 0 Å². The van der Waals surface area contributed by atoms with Crippen LogP contribution >= 0.6 is 0 Å². The number of hydrogen-bond acceptors (Lipinski definition) is 4. The van der Waals surface area contributed by atoms with Crippen molar-refractivity contribution in [3.8, 4) is 23.0 Å². The molecule has 0 aliphatic heterocycles. The predicted octanol–water partition coefficient (Wildman–Crippen LogP) is 16.7. The average molecular weight is 915 g/mol. The molecule has 4 nitrogen and oxygen atoms in total. The second-order valence-corrected chi connectivity index (χ2v) is 22.8. The number of ether oxygens (including phenoxy) is 4. The molecule has 0 saturated heterocycles. The zero-order valence-electron chi connectivity index (χ0n) is 44.7. The Morgan fingerprint density at radius 1 is 0.353 bits per heavy atom. The highest BCUT2D eigenvalue weighted by Crippen LogP contribution is 2.47. The molecule has 0 aliphatic rings. The molecule has 0 saturated carbocycles. The predicted molar refractivity (Wildman–Crippen MR) is 291 cm³/mol. The molecular formula is C64H82O4. The fourth-order valence-electron chi connectivity index (χ4n) is 9.39. The molecule has 0 N–H and O–H groups in total. The van der Waals surface area contributed by atoms with Crippen LogP contribution in [0.25, 0.3) is 0 Å². The largest absolute Gasteiger partial charge is 0.489 e. The van der Waals surface area contributed by atoms with Crippen LogP contribution in [0.15, 0.2) is 123 Å². The van der Waals surface area contributed by atoms with Gasteiger partial charge in [-0.2, -0.15) is 0 Å². The average Bonchev–Trinajstić information content (AvgIpc) is 3.24. The van der Waals surface area contributed by atoms with E-state index in [1.54, 1.807) is 0 Å². The first kappa shape index (κ1) is 53.2. The van der Waals surface area contributed by atoms with Crippen LogP contribution < -0.4 is 18.9 Å². The number of aryl methyl sites for hydroxylation is 4. The van der Waals surface area contributed by atoms with Gasteiger partial charge < -0.3 is 18.9 Å². The van der Waals surface area contributed by atoms with Gasteiger partial charge in [0.2, 0.25) is 0 Å². The lowest BCUT2D eigenvalue weighted by Gasteiger charge is -2.31. The molecule has 0 unspecified atom stereocenters. The van der Waals surface area contributed by atoms with Gasteiger partial charge in [-0.25, -0.2) is 0 Å². The number of benzene rings is 5. The first-order valence-corrected chi connectivity index (χ1v) is 24.4. The molecule has 5 aromatic carbocycles. The van der Waals surface area contributed by atoms with Crippen LogP contribution in [0, 0.1) is 27.7 Å². The first-order chi connectivity index (χ1) is 31.8. The summed E-state index contributed by atoms with van der Waals surface area (Å²) in [5.74, 6) is 3.39. The van der Waals surface area contributed by atoms with Gasteiger partial charge in [0.05, 0.1) is 0 Å². The van der Waals surface area contributed by atoms with Crippen LogP contribution in [0.3, 0.4) is 0 Å². The lowest BCUT2D eigenvalue weighted by atomic mass is 9.74. The van der Waals surface area contributed by atoms with E-state index in [1.807, 2.05) is 24.3 Å². The Bertz CT molecular complexity index is 2270. The molecule has 0 atom stereocenters. The van der Waals surface area contributed by atoms with Crippen molar-refractivity contribution in [3.05, 3.63) is 201 Å². The van der Waals surface area contributed by atoms with Crippen molar-refractivity contribution in [2.24, 2.45) is 0 Å². The van der Waals surface area contributed by atoms with Gasteiger partial charge in [0.1, 0.15) is 49.4 Å². The maximum absolute atomic E-state index is 6.37. The fraction of sp³-hybridized carbons (Fsp3) is 0.406. The quantitative estimate of drug-likeness (QED) is 0.0648. The Morgan fingerprint density at radius 2 is 0.544 bits per heavy atom. The van der Waals surface area contributed by atoms with Gasteiger partial charge in [0, 0.05) is 11.8 Å².